The van der Waals surface area contributed by atoms with Crippen molar-refractivity contribution in [2.24, 2.45) is 0 Å². The van der Waals surface area contributed by atoms with Crippen LogP contribution < -0.4 is 0 Å². The maximum Gasteiger partial charge on any atom is 0.161 e. The van der Waals surface area contributed by atoms with E-state index in [1.165, 1.54) is 6.26 Å². The standard InChI is InChI=1S/C9H7O2/c1-6-2-3-9-7(4-6)8(10)5-11-9/h2-5,10H,1H2. The Bertz CT molecular complexity index is 387. The van der Waals surface area contributed by atoms with Crippen LogP contribution in [0.5, 0.6) is 5.75 Å². The average molecular weight is 147 g/mol. The highest BCUT2D eigenvalue weighted by molar-refractivity contribution is 5.84. The van der Waals surface area contributed by atoms with Crippen LogP contribution in [0.1, 0.15) is 5.56 Å². The van der Waals surface area contributed by atoms with Gasteiger partial charge in [-0.05, 0) is 24.6 Å². The van der Waals surface area contributed by atoms with Gasteiger partial charge in [0.1, 0.15) is 11.8 Å². The van der Waals surface area contributed by atoms with Gasteiger partial charge in [-0.15, -0.1) is 0 Å². The van der Waals surface area contributed by atoms with Crippen LogP contribution in [0.3, 0.4) is 0 Å². The van der Waals surface area contributed by atoms with Crippen LogP contribution in [0, 0.1) is 6.92 Å². The molecule has 1 N–H and O–H groups in total. The summed E-state index contributed by atoms with van der Waals surface area (Å²) in [7, 11) is 0. The van der Waals surface area contributed by atoms with Crippen LogP contribution in [0.25, 0.3) is 11.0 Å². The molecule has 0 unspecified atom stereocenters. The number of rotatable bonds is 0. The molecule has 1 radical (unpaired) electrons. The molecule has 0 saturated carbocycles. The van der Waals surface area contributed by atoms with Gasteiger partial charge in [-0.2, -0.15) is 0 Å². The summed E-state index contributed by atoms with van der Waals surface area (Å²) >= 11 is 0. The first-order valence-electron chi connectivity index (χ1n) is 3.29. The van der Waals surface area contributed by atoms with Crippen LogP contribution in [0.4, 0.5) is 0 Å². The van der Waals surface area contributed by atoms with Crippen molar-refractivity contribution in [1.82, 2.24) is 0 Å². The van der Waals surface area contributed by atoms with E-state index in [9.17, 15) is 5.11 Å². The fraction of sp³-hybridized carbons (Fsp3) is 0. The Kier molecular flexibility index (Phi) is 1.15. The zero-order chi connectivity index (χ0) is 7.84. The molecule has 0 amide bonds. The highest BCUT2D eigenvalue weighted by atomic mass is 16.4. The minimum atomic E-state index is 0.172. The third-order valence-electron chi connectivity index (χ3n) is 1.62. The number of fused-ring (bicyclic) bond motifs is 1. The lowest BCUT2D eigenvalue weighted by molar-refractivity contribution is 0.464. The number of benzene rings is 1. The smallest absolute Gasteiger partial charge is 0.161 e. The lowest BCUT2D eigenvalue weighted by Gasteiger charge is -1.90. The minimum absolute atomic E-state index is 0.172. The van der Waals surface area contributed by atoms with E-state index in [2.05, 4.69) is 6.92 Å². The molecule has 2 rings (SSSR count). The van der Waals surface area contributed by atoms with Gasteiger partial charge in [0, 0.05) is 0 Å². The quantitative estimate of drug-likeness (QED) is 0.620. The number of hydrogen-bond acceptors (Lipinski definition) is 2. The number of hydrogen-bond donors (Lipinski definition) is 1. The van der Waals surface area contributed by atoms with E-state index in [-0.39, 0.29) is 5.75 Å². The molecule has 2 aromatic rings. The van der Waals surface area contributed by atoms with Crippen LogP contribution in [0.15, 0.2) is 28.9 Å². The van der Waals surface area contributed by atoms with Crippen molar-refractivity contribution >= 4 is 11.0 Å². The summed E-state index contributed by atoms with van der Waals surface area (Å²) in [6.45, 7) is 3.74. The molecule has 1 aromatic heterocycles. The average Bonchev–Trinajstić information content (AvgIpc) is 2.33. The van der Waals surface area contributed by atoms with Gasteiger partial charge in [-0.3, -0.25) is 0 Å². The van der Waals surface area contributed by atoms with Crippen LogP contribution >= 0.6 is 0 Å². The molecule has 55 valence electrons. The number of furan rings is 1. The summed E-state index contributed by atoms with van der Waals surface area (Å²) < 4.78 is 5.03. The van der Waals surface area contributed by atoms with E-state index in [1.807, 2.05) is 6.07 Å². The van der Waals surface area contributed by atoms with Crippen molar-refractivity contribution in [3.8, 4) is 5.75 Å². The van der Waals surface area contributed by atoms with Gasteiger partial charge in [-0.1, -0.05) is 6.07 Å². The Hall–Kier alpha value is -1.44. The molecule has 0 aliphatic rings. The highest BCUT2D eigenvalue weighted by Crippen LogP contribution is 2.26. The zero-order valence-corrected chi connectivity index (χ0v) is 5.87. The summed E-state index contributed by atoms with van der Waals surface area (Å²) in [5.41, 5.74) is 1.56. The van der Waals surface area contributed by atoms with Crippen molar-refractivity contribution < 1.29 is 9.52 Å². The van der Waals surface area contributed by atoms with Gasteiger partial charge in [0.25, 0.3) is 0 Å². The normalized spacial score (nSPS) is 10.6. The molecule has 0 atom stereocenters. The molecule has 11 heavy (non-hydrogen) atoms. The molecular weight excluding hydrogens is 140 g/mol. The molecule has 1 aromatic carbocycles. The topological polar surface area (TPSA) is 33.4 Å². The third-order valence-corrected chi connectivity index (χ3v) is 1.62. The molecule has 0 spiro atoms. The molecule has 0 fully saturated rings. The predicted octanol–water partition coefficient (Wildman–Crippen LogP) is 2.32. The Morgan fingerprint density at radius 2 is 2.18 bits per heavy atom. The number of aromatic hydroxyl groups is 1. The van der Waals surface area contributed by atoms with Gasteiger partial charge >= 0.3 is 0 Å². The second kappa shape index (κ2) is 2.02. The first kappa shape index (κ1) is 6.28. The monoisotopic (exact) mass is 147 g/mol. The van der Waals surface area contributed by atoms with E-state index in [1.54, 1.807) is 12.1 Å². The van der Waals surface area contributed by atoms with Gasteiger partial charge in [-0.25, -0.2) is 0 Å². The summed E-state index contributed by atoms with van der Waals surface area (Å²) in [5.74, 6) is 0.172. The SMILES string of the molecule is [CH2]c1ccc2occ(O)c2c1. The van der Waals surface area contributed by atoms with Crippen LogP contribution in [0.2, 0.25) is 0 Å². The summed E-state index contributed by atoms with van der Waals surface area (Å²) in [4.78, 5) is 0. The van der Waals surface area contributed by atoms with Gasteiger partial charge < -0.3 is 9.52 Å². The molecule has 0 saturated heterocycles. The van der Waals surface area contributed by atoms with Crippen LogP contribution in [-0.4, -0.2) is 5.11 Å². The van der Waals surface area contributed by atoms with Gasteiger partial charge in [0.2, 0.25) is 0 Å². The molecule has 0 aliphatic heterocycles. The van der Waals surface area contributed by atoms with Crippen molar-refractivity contribution in [2.75, 3.05) is 0 Å². The Morgan fingerprint density at radius 1 is 1.36 bits per heavy atom. The van der Waals surface area contributed by atoms with Gasteiger partial charge in [0.15, 0.2) is 5.75 Å². The fourth-order valence-corrected chi connectivity index (χ4v) is 1.06. The second-order valence-corrected chi connectivity index (χ2v) is 2.45. The molecule has 2 nitrogen and oxygen atoms in total. The van der Waals surface area contributed by atoms with Crippen molar-refractivity contribution in [3.05, 3.63) is 36.9 Å². The summed E-state index contributed by atoms with van der Waals surface area (Å²) in [5, 5.41) is 9.93. The molecule has 0 aliphatic carbocycles. The molecule has 2 heteroatoms. The third kappa shape index (κ3) is 0.871. The van der Waals surface area contributed by atoms with E-state index >= 15 is 0 Å². The first-order valence-corrected chi connectivity index (χ1v) is 3.29. The minimum Gasteiger partial charge on any atom is -0.504 e. The van der Waals surface area contributed by atoms with E-state index in [0.717, 1.165) is 10.9 Å². The Labute approximate surface area is 64.1 Å². The van der Waals surface area contributed by atoms with E-state index < -0.39 is 0 Å². The summed E-state index contributed by atoms with van der Waals surface area (Å²) in [6.07, 6.45) is 1.32. The lowest BCUT2D eigenvalue weighted by Crippen LogP contribution is -1.69. The first-order chi connectivity index (χ1) is 5.27. The fourth-order valence-electron chi connectivity index (χ4n) is 1.06. The highest BCUT2D eigenvalue weighted by Gasteiger charge is 2.02. The molecule has 1 heterocycles. The Morgan fingerprint density at radius 3 is 3.00 bits per heavy atom. The predicted molar refractivity (Wildman–Crippen MR) is 42.3 cm³/mol. The van der Waals surface area contributed by atoms with E-state index in [0.29, 0.717) is 5.58 Å². The zero-order valence-electron chi connectivity index (χ0n) is 5.87. The lowest BCUT2D eigenvalue weighted by atomic mass is 10.2. The van der Waals surface area contributed by atoms with Crippen molar-refractivity contribution in [3.63, 3.8) is 0 Å². The molecule has 0 bridgehead atoms. The maximum absolute atomic E-state index is 9.21. The van der Waals surface area contributed by atoms with Crippen LogP contribution in [-0.2, 0) is 0 Å². The largest absolute Gasteiger partial charge is 0.504 e. The maximum atomic E-state index is 9.21. The summed E-state index contributed by atoms with van der Waals surface area (Å²) in [6, 6.07) is 5.41. The van der Waals surface area contributed by atoms with E-state index in [4.69, 9.17) is 4.42 Å². The van der Waals surface area contributed by atoms with Gasteiger partial charge in [0.05, 0.1) is 5.39 Å². The molecular formula is C9H7O2. The second-order valence-electron chi connectivity index (χ2n) is 2.45. The Balaban J connectivity index is 2.87. The van der Waals surface area contributed by atoms with Crippen molar-refractivity contribution in [1.29, 1.82) is 0 Å². The van der Waals surface area contributed by atoms with Crippen molar-refractivity contribution in [2.45, 2.75) is 0 Å².